The molecule has 17 heavy (non-hydrogen) atoms. The maximum Gasteiger partial charge on any atom is 0.193 e. The van der Waals surface area contributed by atoms with Crippen LogP contribution in [0, 0.1) is 11.6 Å². The summed E-state index contributed by atoms with van der Waals surface area (Å²) in [5.74, 6) is -2.08. The van der Waals surface area contributed by atoms with E-state index in [1.54, 1.807) is 0 Å². The predicted molar refractivity (Wildman–Crippen MR) is 59.1 cm³/mol. The molecule has 1 heterocycles. The van der Waals surface area contributed by atoms with Gasteiger partial charge in [-0.05, 0) is 35.9 Å². The van der Waals surface area contributed by atoms with E-state index in [2.05, 4.69) is 0 Å². The van der Waals surface area contributed by atoms with Gasteiger partial charge in [0.05, 0.1) is 0 Å². The van der Waals surface area contributed by atoms with Crippen molar-refractivity contribution in [2.75, 3.05) is 0 Å². The second-order valence-corrected chi connectivity index (χ2v) is 4.11. The van der Waals surface area contributed by atoms with E-state index in [-0.39, 0.29) is 21.6 Å². The highest BCUT2D eigenvalue weighted by Crippen LogP contribution is 2.31. The van der Waals surface area contributed by atoms with Crippen LogP contribution in [0.15, 0.2) is 28.7 Å². The van der Waals surface area contributed by atoms with Gasteiger partial charge in [-0.15, -0.1) is 0 Å². The molecule has 1 unspecified atom stereocenters. The van der Waals surface area contributed by atoms with Crippen molar-refractivity contribution in [3.05, 3.63) is 57.5 Å². The Morgan fingerprint density at radius 1 is 1.12 bits per heavy atom. The van der Waals surface area contributed by atoms with Crippen LogP contribution in [0.2, 0.25) is 10.2 Å². The standard InChI is InChI=1S/C11H6Cl2F2O2/c12-6-4-8(15)7(14)3-5(6)11(16)9-1-2-10(13)17-9/h1-4,11,16H. The molecular weight excluding hydrogens is 273 g/mol. The highest BCUT2D eigenvalue weighted by atomic mass is 35.5. The minimum absolute atomic E-state index is 0.0107. The molecule has 6 heteroatoms. The summed E-state index contributed by atoms with van der Waals surface area (Å²) in [5, 5.41) is 9.86. The third-order valence-corrected chi connectivity index (χ3v) is 2.73. The Morgan fingerprint density at radius 2 is 1.76 bits per heavy atom. The largest absolute Gasteiger partial charge is 0.447 e. The molecule has 0 radical (unpaired) electrons. The van der Waals surface area contributed by atoms with Crippen molar-refractivity contribution in [2.45, 2.75) is 6.10 Å². The molecule has 0 fully saturated rings. The summed E-state index contributed by atoms with van der Waals surface area (Å²) in [7, 11) is 0. The lowest BCUT2D eigenvalue weighted by Gasteiger charge is -2.10. The molecule has 2 aromatic rings. The van der Waals surface area contributed by atoms with E-state index in [1.807, 2.05) is 0 Å². The first-order chi connectivity index (χ1) is 7.99. The lowest BCUT2D eigenvalue weighted by atomic mass is 10.1. The SMILES string of the molecule is OC(c1ccc(Cl)o1)c1cc(F)c(F)cc1Cl. The Balaban J connectivity index is 2.43. The van der Waals surface area contributed by atoms with Gasteiger partial charge in [0.2, 0.25) is 0 Å². The summed E-state index contributed by atoms with van der Waals surface area (Å²) in [6.07, 6.45) is -1.30. The highest BCUT2D eigenvalue weighted by Gasteiger charge is 2.20. The van der Waals surface area contributed by atoms with E-state index in [4.69, 9.17) is 27.6 Å². The van der Waals surface area contributed by atoms with Gasteiger partial charge in [-0.3, -0.25) is 0 Å². The first-order valence-electron chi connectivity index (χ1n) is 4.57. The number of halogens is 4. The van der Waals surface area contributed by atoms with Crippen molar-refractivity contribution >= 4 is 23.2 Å². The molecule has 0 bridgehead atoms. The molecule has 1 N–H and O–H groups in total. The molecule has 0 spiro atoms. The fraction of sp³-hybridized carbons (Fsp3) is 0.0909. The molecule has 1 atom stereocenters. The van der Waals surface area contributed by atoms with Gasteiger partial charge in [0.15, 0.2) is 16.9 Å². The maximum absolute atomic E-state index is 13.0. The Kier molecular flexibility index (Phi) is 3.38. The van der Waals surface area contributed by atoms with Crippen molar-refractivity contribution in [2.24, 2.45) is 0 Å². The average Bonchev–Trinajstić information content (AvgIpc) is 2.69. The summed E-state index contributed by atoms with van der Waals surface area (Å²) >= 11 is 11.3. The maximum atomic E-state index is 13.0. The van der Waals surface area contributed by atoms with Gasteiger partial charge in [-0.1, -0.05) is 11.6 Å². The first kappa shape index (κ1) is 12.4. The predicted octanol–water partition coefficient (Wildman–Crippen LogP) is 3.95. The molecule has 0 amide bonds. The van der Waals surface area contributed by atoms with Crippen LogP contribution in [0.3, 0.4) is 0 Å². The molecule has 1 aromatic carbocycles. The Bertz CT molecular complexity index is 554. The van der Waals surface area contributed by atoms with Crippen LogP contribution in [0.1, 0.15) is 17.4 Å². The summed E-state index contributed by atoms with van der Waals surface area (Å²) < 4.78 is 30.8. The molecule has 0 aliphatic heterocycles. The number of furan rings is 1. The second-order valence-electron chi connectivity index (χ2n) is 3.33. The number of hydrogen-bond donors (Lipinski definition) is 1. The molecule has 0 aliphatic carbocycles. The zero-order valence-corrected chi connectivity index (χ0v) is 9.77. The fourth-order valence-corrected chi connectivity index (χ4v) is 1.78. The Labute approximate surface area is 105 Å². The average molecular weight is 279 g/mol. The molecule has 1 aromatic heterocycles. The van der Waals surface area contributed by atoms with Crippen LogP contribution in [-0.4, -0.2) is 5.11 Å². The zero-order chi connectivity index (χ0) is 12.6. The molecular formula is C11H6Cl2F2O2. The summed E-state index contributed by atoms with van der Waals surface area (Å²) in [6.45, 7) is 0. The van der Waals surface area contributed by atoms with Crippen LogP contribution >= 0.6 is 23.2 Å². The van der Waals surface area contributed by atoms with Gasteiger partial charge in [0.25, 0.3) is 0 Å². The van der Waals surface area contributed by atoms with Gasteiger partial charge in [-0.2, -0.15) is 0 Å². The van der Waals surface area contributed by atoms with Gasteiger partial charge in [-0.25, -0.2) is 8.78 Å². The second kappa shape index (κ2) is 4.64. The zero-order valence-electron chi connectivity index (χ0n) is 8.25. The van der Waals surface area contributed by atoms with Gasteiger partial charge in [0.1, 0.15) is 11.9 Å². The number of aliphatic hydroxyl groups is 1. The summed E-state index contributed by atoms with van der Waals surface area (Å²) in [5.41, 5.74) is 0.0107. The lowest BCUT2D eigenvalue weighted by Crippen LogP contribution is -2.01. The Morgan fingerprint density at radius 3 is 2.35 bits per heavy atom. The van der Waals surface area contributed by atoms with Crippen LogP contribution in [-0.2, 0) is 0 Å². The minimum Gasteiger partial charge on any atom is -0.447 e. The van der Waals surface area contributed by atoms with E-state index in [0.717, 1.165) is 12.1 Å². The number of rotatable bonds is 2. The normalized spacial score (nSPS) is 12.8. The molecule has 90 valence electrons. The van der Waals surface area contributed by atoms with Crippen LogP contribution in [0.25, 0.3) is 0 Å². The van der Waals surface area contributed by atoms with Crippen LogP contribution < -0.4 is 0 Å². The van der Waals surface area contributed by atoms with Crippen molar-refractivity contribution in [3.8, 4) is 0 Å². The monoisotopic (exact) mass is 278 g/mol. The van der Waals surface area contributed by atoms with Gasteiger partial charge < -0.3 is 9.52 Å². The third kappa shape index (κ3) is 2.44. The van der Waals surface area contributed by atoms with E-state index in [9.17, 15) is 13.9 Å². The van der Waals surface area contributed by atoms with Gasteiger partial charge in [0, 0.05) is 10.6 Å². The van der Waals surface area contributed by atoms with E-state index in [0.29, 0.717) is 0 Å². The minimum atomic E-state index is -1.30. The number of aliphatic hydroxyl groups excluding tert-OH is 1. The molecule has 2 rings (SSSR count). The summed E-state index contributed by atoms with van der Waals surface area (Å²) in [6, 6.07) is 4.46. The summed E-state index contributed by atoms with van der Waals surface area (Å²) in [4.78, 5) is 0. The quantitative estimate of drug-likeness (QED) is 0.844. The Hall–Kier alpha value is -1.10. The molecule has 2 nitrogen and oxygen atoms in total. The van der Waals surface area contributed by atoms with Crippen molar-refractivity contribution in [1.82, 2.24) is 0 Å². The van der Waals surface area contributed by atoms with Crippen LogP contribution in [0.4, 0.5) is 8.78 Å². The van der Waals surface area contributed by atoms with E-state index >= 15 is 0 Å². The van der Waals surface area contributed by atoms with E-state index in [1.165, 1.54) is 12.1 Å². The molecule has 0 saturated heterocycles. The van der Waals surface area contributed by atoms with Crippen LogP contribution in [0.5, 0.6) is 0 Å². The number of hydrogen-bond acceptors (Lipinski definition) is 2. The van der Waals surface area contributed by atoms with Gasteiger partial charge >= 0.3 is 0 Å². The third-order valence-electron chi connectivity index (χ3n) is 2.20. The smallest absolute Gasteiger partial charge is 0.193 e. The van der Waals surface area contributed by atoms with Crippen molar-refractivity contribution in [3.63, 3.8) is 0 Å². The topological polar surface area (TPSA) is 33.4 Å². The number of benzene rings is 1. The van der Waals surface area contributed by atoms with Crippen molar-refractivity contribution < 1.29 is 18.3 Å². The lowest BCUT2D eigenvalue weighted by molar-refractivity contribution is 0.189. The highest BCUT2D eigenvalue weighted by molar-refractivity contribution is 6.31. The first-order valence-corrected chi connectivity index (χ1v) is 5.32. The van der Waals surface area contributed by atoms with Crippen molar-refractivity contribution in [1.29, 1.82) is 0 Å². The van der Waals surface area contributed by atoms with E-state index < -0.39 is 17.7 Å². The fourth-order valence-electron chi connectivity index (χ4n) is 1.38. The molecule has 0 saturated carbocycles. The molecule has 0 aliphatic rings.